The molecule has 3 rings (SSSR count). The molecule has 0 aliphatic heterocycles. The fourth-order valence-corrected chi connectivity index (χ4v) is 2.94. The van der Waals surface area contributed by atoms with Gasteiger partial charge >= 0.3 is 0 Å². The van der Waals surface area contributed by atoms with Gasteiger partial charge in [0.15, 0.2) is 0 Å². The van der Waals surface area contributed by atoms with Crippen LogP contribution < -0.4 is 5.32 Å². The molecule has 20 heavy (non-hydrogen) atoms. The van der Waals surface area contributed by atoms with E-state index < -0.39 is 0 Å². The second-order valence-electron chi connectivity index (χ2n) is 5.51. The maximum absolute atomic E-state index is 5.16. The Balaban J connectivity index is 1.84. The summed E-state index contributed by atoms with van der Waals surface area (Å²) in [5, 5.41) is 4.97. The van der Waals surface area contributed by atoms with Gasteiger partial charge in [-0.25, -0.2) is 0 Å². The minimum absolute atomic E-state index is 0.748. The van der Waals surface area contributed by atoms with Gasteiger partial charge in [0.2, 0.25) is 0 Å². The maximum Gasteiger partial charge on any atom is 0.0494 e. The first-order valence-electron chi connectivity index (χ1n) is 7.27. The number of halogens is 1. The number of benzene rings is 1. The monoisotopic (exact) mass is 336 g/mol. The number of hydrogen-bond donors (Lipinski definition) is 1. The first kappa shape index (κ1) is 14.1. The number of aromatic nitrogens is 1. The highest BCUT2D eigenvalue weighted by Crippen LogP contribution is 2.26. The predicted octanol–water partition coefficient (Wildman–Crippen LogP) is 3.69. The largest absolute Gasteiger partial charge is 0.385 e. The fourth-order valence-electron chi connectivity index (χ4n) is 2.59. The molecule has 1 aromatic heterocycles. The smallest absolute Gasteiger partial charge is 0.0494 e. The van der Waals surface area contributed by atoms with Crippen molar-refractivity contribution >= 4 is 26.8 Å². The third kappa shape index (κ3) is 3.25. The quantitative estimate of drug-likeness (QED) is 0.780. The van der Waals surface area contributed by atoms with Crippen LogP contribution in [0.1, 0.15) is 24.8 Å². The number of ether oxygens (including phenoxy) is 1. The third-order valence-electron chi connectivity index (χ3n) is 3.83. The summed E-state index contributed by atoms with van der Waals surface area (Å²) in [5.74, 6) is 0. The second-order valence-corrected chi connectivity index (χ2v) is 6.43. The molecule has 1 aliphatic rings. The van der Waals surface area contributed by atoms with E-state index in [2.05, 4.69) is 50.2 Å². The standard InChI is InChI=1S/C16H21BrN2O/c1-20-8-2-7-19-11-12(10-18-14-4-5-14)15-6-3-13(17)9-16(15)19/h3,6,9,11,14,18H,2,4-5,7-8,10H2,1H3. The number of rotatable bonds is 7. The molecular formula is C16H21BrN2O. The molecule has 108 valence electrons. The van der Waals surface area contributed by atoms with Crippen molar-refractivity contribution in [1.82, 2.24) is 9.88 Å². The highest BCUT2D eigenvalue weighted by atomic mass is 79.9. The average Bonchev–Trinajstić information content (AvgIpc) is 3.21. The van der Waals surface area contributed by atoms with Crippen LogP contribution in [-0.4, -0.2) is 24.3 Å². The van der Waals surface area contributed by atoms with Crippen molar-refractivity contribution in [2.45, 2.75) is 38.4 Å². The van der Waals surface area contributed by atoms with Crippen LogP contribution in [0.2, 0.25) is 0 Å². The fraction of sp³-hybridized carbons (Fsp3) is 0.500. The Morgan fingerprint density at radius 2 is 2.25 bits per heavy atom. The Morgan fingerprint density at radius 3 is 3.00 bits per heavy atom. The van der Waals surface area contributed by atoms with E-state index in [9.17, 15) is 0 Å². The molecule has 0 radical (unpaired) electrons. The van der Waals surface area contributed by atoms with Crippen molar-refractivity contribution in [1.29, 1.82) is 0 Å². The van der Waals surface area contributed by atoms with Crippen LogP contribution in [0.15, 0.2) is 28.9 Å². The molecule has 0 amide bonds. The molecule has 0 saturated heterocycles. The number of aryl methyl sites for hydroxylation is 1. The van der Waals surface area contributed by atoms with Crippen LogP contribution in [-0.2, 0) is 17.8 Å². The SMILES string of the molecule is COCCCn1cc(CNC2CC2)c2ccc(Br)cc21. The molecule has 4 heteroatoms. The zero-order valence-electron chi connectivity index (χ0n) is 11.9. The van der Waals surface area contributed by atoms with Crippen LogP contribution in [0.5, 0.6) is 0 Å². The van der Waals surface area contributed by atoms with Crippen molar-refractivity contribution in [3.8, 4) is 0 Å². The summed E-state index contributed by atoms with van der Waals surface area (Å²) in [7, 11) is 1.76. The van der Waals surface area contributed by atoms with E-state index in [1.807, 2.05) is 0 Å². The van der Waals surface area contributed by atoms with Gasteiger partial charge in [-0.3, -0.25) is 0 Å². The van der Waals surface area contributed by atoms with Crippen LogP contribution >= 0.6 is 15.9 Å². The van der Waals surface area contributed by atoms with E-state index >= 15 is 0 Å². The first-order chi connectivity index (χ1) is 9.78. The molecule has 0 unspecified atom stereocenters. The molecule has 3 nitrogen and oxygen atoms in total. The van der Waals surface area contributed by atoms with Gasteiger partial charge in [-0.05, 0) is 37.0 Å². The van der Waals surface area contributed by atoms with Gasteiger partial charge in [0.25, 0.3) is 0 Å². The van der Waals surface area contributed by atoms with Crippen molar-refractivity contribution < 1.29 is 4.74 Å². The van der Waals surface area contributed by atoms with E-state index in [4.69, 9.17) is 4.74 Å². The van der Waals surface area contributed by atoms with Crippen LogP contribution in [0.25, 0.3) is 10.9 Å². The lowest BCUT2D eigenvalue weighted by molar-refractivity contribution is 0.190. The molecule has 2 aromatic rings. The summed E-state index contributed by atoms with van der Waals surface area (Å²) in [6.07, 6.45) is 6.00. The van der Waals surface area contributed by atoms with Crippen molar-refractivity contribution in [3.63, 3.8) is 0 Å². The lowest BCUT2D eigenvalue weighted by Crippen LogP contribution is -2.14. The van der Waals surface area contributed by atoms with Gasteiger partial charge < -0.3 is 14.6 Å². The summed E-state index contributed by atoms with van der Waals surface area (Å²) >= 11 is 3.58. The molecule has 0 bridgehead atoms. The predicted molar refractivity (Wildman–Crippen MR) is 86.0 cm³/mol. The minimum atomic E-state index is 0.748. The number of fused-ring (bicyclic) bond motifs is 1. The number of methoxy groups -OCH3 is 1. The van der Waals surface area contributed by atoms with Crippen LogP contribution in [0.3, 0.4) is 0 Å². The van der Waals surface area contributed by atoms with Crippen LogP contribution in [0.4, 0.5) is 0 Å². The van der Waals surface area contributed by atoms with Gasteiger partial charge in [-0.15, -0.1) is 0 Å². The Bertz CT molecular complexity index is 589. The van der Waals surface area contributed by atoms with Gasteiger partial charge in [0, 0.05) is 54.4 Å². The number of hydrogen-bond acceptors (Lipinski definition) is 2. The normalized spacial score (nSPS) is 15.1. The lowest BCUT2D eigenvalue weighted by Gasteiger charge is -2.04. The maximum atomic E-state index is 5.16. The molecule has 1 N–H and O–H groups in total. The third-order valence-corrected chi connectivity index (χ3v) is 4.33. The van der Waals surface area contributed by atoms with E-state index in [1.54, 1.807) is 7.11 Å². The summed E-state index contributed by atoms with van der Waals surface area (Å²) in [4.78, 5) is 0. The topological polar surface area (TPSA) is 26.2 Å². The van der Waals surface area contributed by atoms with E-state index in [0.29, 0.717) is 0 Å². The summed E-state index contributed by atoms with van der Waals surface area (Å²) in [6.45, 7) is 2.79. The zero-order valence-corrected chi connectivity index (χ0v) is 13.4. The van der Waals surface area contributed by atoms with Gasteiger partial charge in [0.1, 0.15) is 0 Å². The second kappa shape index (κ2) is 6.29. The molecule has 0 spiro atoms. The molecule has 1 aliphatic carbocycles. The lowest BCUT2D eigenvalue weighted by atomic mass is 10.2. The Morgan fingerprint density at radius 1 is 1.40 bits per heavy atom. The van der Waals surface area contributed by atoms with E-state index in [-0.39, 0.29) is 0 Å². The van der Waals surface area contributed by atoms with Crippen molar-refractivity contribution in [2.24, 2.45) is 0 Å². The number of nitrogens with one attached hydrogen (secondary N) is 1. The van der Waals surface area contributed by atoms with Gasteiger partial charge in [-0.1, -0.05) is 22.0 Å². The molecule has 1 saturated carbocycles. The molecule has 0 atom stereocenters. The Kier molecular flexibility index (Phi) is 4.44. The van der Waals surface area contributed by atoms with Crippen molar-refractivity contribution in [2.75, 3.05) is 13.7 Å². The average molecular weight is 337 g/mol. The molecular weight excluding hydrogens is 316 g/mol. The van der Waals surface area contributed by atoms with E-state index in [1.165, 1.54) is 29.3 Å². The highest BCUT2D eigenvalue weighted by Gasteiger charge is 2.20. The first-order valence-corrected chi connectivity index (χ1v) is 8.07. The highest BCUT2D eigenvalue weighted by molar-refractivity contribution is 9.10. The summed E-state index contributed by atoms with van der Waals surface area (Å²) in [6, 6.07) is 7.30. The minimum Gasteiger partial charge on any atom is -0.385 e. The molecule has 1 fully saturated rings. The molecule has 1 heterocycles. The van der Waals surface area contributed by atoms with Crippen LogP contribution in [0, 0.1) is 0 Å². The number of nitrogens with zero attached hydrogens (tertiary/aromatic N) is 1. The van der Waals surface area contributed by atoms with Gasteiger partial charge in [-0.2, -0.15) is 0 Å². The Hall–Kier alpha value is -0.840. The summed E-state index contributed by atoms with van der Waals surface area (Å²) < 4.78 is 8.65. The van der Waals surface area contributed by atoms with Crippen molar-refractivity contribution in [3.05, 3.63) is 34.4 Å². The Labute approximate surface area is 128 Å². The summed E-state index contributed by atoms with van der Waals surface area (Å²) in [5.41, 5.74) is 2.71. The zero-order chi connectivity index (χ0) is 13.9. The van der Waals surface area contributed by atoms with Gasteiger partial charge in [0.05, 0.1) is 0 Å². The van der Waals surface area contributed by atoms with E-state index in [0.717, 1.165) is 36.6 Å². The molecule has 1 aromatic carbocycles.